The maximum Gasteiger partial charge on any atom is 0.0305 e. The average molecular weight is 246 g/mol. The molecule has 0 spiro atoms. The molecule has 0 aromatic carbocycles. The number of nitrogens with one attached hydrogen (secondary N) is 1. The van der Waals surface area contributed by atoms with Crippen LogP contribution in [0.1, 0.15) is 45.6 Å². The lowest BCUT2D eigenvalue weighted by atomic mass is 9.64. The van der Waals surface area contributed by atoms with Crippen molar-refractivity contribution < 1.29 is 0 Å². The van der Waals surface area contributed by atoms with Gasteiger partial charge in [-0.25, -0.2) is 0 Å². The summed E-state index contributed by atoms with van der Waals surface area (Å²) in [6.45, 7) is 7.11. The molecule has 1 aromatic heterocycles. The second kappa shape index (κ2) is 5.40. The minimum absolute atomic E-state index is 0.197. The summed E-state index contributed by atoms with van der Waals surface area (Å²) in [5.41, 5.74) is 1.56. The summed E-state index contributed by atoms with van der Waals surface area (Å²) in [4.78, 5) is 4.29. The van der Waals surface area contributed by atoms with Crippen molar-refractivity contribution in [2.24, 2.45) is 11.8 Å². The largest absolute Gasteiger partial charge is 0.317 e. The van der Waals surface area contributed by atoms with Gasteiger partial charge in [0.2, 0.25) is 0 Å². The van der Waals surface area contributed by atoms with Gasteiger partial charge in [0, 0.05) is 18.4 Å². The summed E-state index contributed by atoms with van der Waals surface area (Å²) >= 11 is 0. The predicted molar refractivity (Wildman–Crippen MR) is 76.6 cm³/mol. The highest BCUT2D eigenvalue weighted by Crippen LogP contribution is 2.41. The molecule has 3 unspecified atom stereocenters. The predicted octanol–water partition coefficient (Wildman–Crippen LogP) is 3.38. The zero-order valence-electron chi connectivity index (χ0n) is 12.1. The Morgan fingerprint density at radius 3 is 2.72 bits per heavy atom. The number of pyridine rings is 1. The van der Waals surface area contributed by atoms with E-state index in [0.717, 1.165) is 5.92 Å². The van der Waals surface area contributed by atoms with E-state index in [9.17, 15) is 0 Å². The van der Waals surface area contributed by atoms with Crippen molar-refractivity contribution in [1.29, 1.82) is 0 Å². The van der Waals surface area contributed by atoms with E-state index in [1.165, 1.54) is 24.8 Å². The SMILES string of the molecule is CNC1CC(C)CCC1C(C)(C)c1cccnc1. The van der Waals surface area contributed by atoms with Gasteiger partial charge in [0.25, 0.3) is 0 Å². The molecule has 2 nitrogen and oxygen atoms in total. The smallest absolute Gasteiger partial charge is 0.0305 e. The number of hydrogen-bond acceptors (Lipinski definition) is 2. The van der Waals surface area contributed by atoms with Crippen molar-refractivity contribution in [2.45, 2.75) is 51.5 Å². The molecule has 1 N–H and O–H groups in total. The second-order valence-electron chi connectivity index (χ2n) is 6.38. The molecule has 1 saturated carbocycles. The maximum absolute atomic E-state index is 4.29. The summed E-state index contributed by atoms with van der Waals surface area (Å²) in [6.07, 6.45) is 7.86. The third kappa shape index (κ3) is 2.59. The van der Waals surface area contributed by atoms with Crippen molar-refractivity contribution in [3.63, 3.8) is 0 Å². The van der Waals surface area contributed by atoms with Gasteiger partial charge in [-0.15, -0.1) is 0 Å². The van der Waals surface area contributed by atoms with Crippen LogP contribution in [0.3, 0.4) is 0 Å². The summed E-state index contributed by atoms with van der Waals surface area (Å²) in [6, 6.07) is 4.90. The second-order valence-corrected chi connectivity index (χ2v) is 6.38. The van der Waals surface area contributed by atoms with Gasteiger partial charge < -0.3 is 5.32 Å². The molecule has 1 heterocycles. The molecule has 0 radical (unpaired) electrons. The van der Waals surface area contributed by atoms with Crippen LogP contribution < -0.4 is 5.32 Å². The first-order chi connectivity index (χ1) is 8.55. The average Bonchev–Trinajstić information content (AvgIpc) is 2.39. The van der Waals surface area contributed by atoms with E-state index in [1.54, 1.807) is 0 Å². The van der Waals surface area contributed by atoms with Crippen molar-refractivity contribution >= 4 is 0 Å². The highest BCUT2D eigenvalue weighted by molar-refractivity contribution is 5.22. The Labute approximate surface area is 111 Å². The maximum atomic E-state index is 4.29. The Morgan fingerprint density at radius 1 is 1.33 bits per heavy atom. The first kappa shape index (κ1) is 13.5. The van der Waals surface area contributed by atoms with E-state index in [-0.39, 0.29) is 5.41 Å². The van der Waals surface area contributed by atoms with Crippen LogP contribution in [0.15, 0.2) is 24.5 Å². The lowest BCUT2D eigenvalue weighted by molar-refractivity contribution is 0.151. The number of nitrogens with zero attached hydrogens (tertiary/aromatic N) is 1. The molecule has 1 aromatic rings. The van der Waals surface area contributed by atoms with Crippen LogP contribution in [-0.2, 0) is 5.41 Å². The van der Waals surface area contributed by atoms with E-state index in [4.69, 9.17) is 0 Å². The van der Waals surface area contributed by atoms with Gasteiger partial charge in [-0.2, -0.15) is 0 Å². The third-order valence-corrected chi connectivity index (χ3v) is 4.82. The quantitative estimate of drug-likeness (QED) is 0.884. The molecule has 2 rings (SSSR count). The van der Waals surface area contributed by atoms with E-state index < -0.39 is 0 Å². The highest BCUT2D eigenvalue weighted by atomic mass is 14.9. The van der Waals surface area contributed by atoms with Crippen molar-refractivity contribution in [3.8, 4) is 0 Å². The molecule has 1 aliphatic carbocycles. The van der Waals surface area contributed by atoms with Gasteiger partial charge in [-0.3, -0.25) is 4.98 Å². The topological polar surface area (TPSA) is 24.9 Å². The van der Waals surface area contributed by atoms with Gasteiger partial charge in [0.05, 0.1) is 0 Å². The molecule has 0 bridgehead atoms. The number of rotatable bonds is 3. The molecule has 0 amide bonds. The molecule has 1 aliphatic rings. The Hall–Kier alpha value is -0.890. The molecule has 18 heavy (non-hydrogen) atoms. The molecule has 100 valence electrons. The number of aromatic nitrogens is 1. The molecule has 0 aliphatic heterocycles. The van der Waals surface area contributed by atoms with Crippen molar-refractivity contribution in [1.82, 2.24) is 10.3 Å². The van der Waals surface area contributed by atoms with Gasteiger partial charge in [0.1, 0.15) is 0 Å². The fourth-order valence-corrected chi connectivity index (χ4v) is 3.52. The minimum Gasteiger partial charge on any atom is -0.317 e. The van der Waals surface area contributed by atoms with E-state index in [0.29, 0.717) is 12.0 Å². The molecule has 2 heteroatoms. The van der Waals surface area contributed by atoms with Crippen LogP contribution >= 0.6 is 0 Å². The fourth-order valence-electron chi connectivity index (χ4n) is 3.52. The summed E-state index contributed by atoms with van der Waals surface area (Å²) in [5, 5.41) is 3.54. The first-order valence-electron chi connectivity index (χ1n) is 7.13. The van der Waals surface area contributed by atoms with Crippen LogP contribution in [0.5, 0.6) is 0 Å². The normalized spacial score (nSPS) is 29.2. The number of hydrogen-bond donors (Lipinski definition) is 1. The van der Waals surface area contributed by atoms with Crippen molar-refractivity contribution in [3.05, 3.63) is 30.1 Å². The molecule has 3 atom stereocenters. The standard InChI is InChI=1S/C16H26N2/c1-12-7-8-14(15(10-12)17-4)16(2,3)13-6-5-9-18-11-13/h5-6,9,11-12,14-15,17H,7-8,10H2,1-4H3. The Morgan fingerprint density at radius 2 is 2.11 bits per heavy atom. The van der Waals surface area contributed by atoms with E-state index in [2.05, 4.69) is 50.3 Å². The Balaban J connectivity index is 2.23. The van der Waals surface area contributed by atoms with Crippen LogP contribution in [0.4, 0.5) is 0 Å². The van der Waals surface area contributed by atoms with Crippen molar-refractivity contribution in [2.75, 3.05) is 7.05 Å². The summed E-state index contributed by atoms with van der Waals surface area (Å²) in [5.74, 6) is 1.55. The summed E-state index contributed by atoms with van der Waals surface area (Å²) < 4.78 is 0. The fraction of sp³-hybridized carbons (Fsp3) is 0.688. The summed E-state index contributed by atoms with van der Waals surface area (Å²) in [7, 11) is 2.11. The third-order valence-electron chi connectivity index (χ3n) is 4.82. The zero-order chi connectivity index (χ0) is 13.2. The molecular formula is C16H26N2. The van der Waals surface area contributed by atoms with Crippen LogP contribution in [0.2, 0.25) is 0 Å². The monoisotopic (exact) mass is 246 g/mol. The molecule has 1 fully saturated rings. The van der Waals surface area contributed by atoms with Gasteiger partial charge >= 0.3 is 0 Å². The molecular weight excluding hydrogens is 220 g/mol. The first-order valence-corrected chi connectivity index (χ1v) is 7.13. The lowest BCUT2D eigenvalue weighted by Crippen LogP contribution is -2.47. The van der Waals surface area contributed by atoms with E-state index in [1.807, 2.05) is 12.4 Å². The van der Waals surface area contributed by atoms with Crippen LogP contribution in [0.25, 0.3) is 0 Å². The van der Waals surface area contributed by atoms with Gasteiger partial charge in [-0.1, -0.05) is 33.3 Å². The van der Waals surface area contributed by atoms with Crippen LogP contribution in [0, 0.1) is 11.8 Å². The molecule has 0 saturated heterocycles. The minimum atomic E-state index is 0.197. The zero-order valence-corrected chi connectivity index (χ0v) is 12.1. The van der Waals surface area contributed by atoms with Crippen LogP contribution in [-0.4, -0.2) is 18.1 Å². The van der Waals surface area contributed by atoms with Gasteiger partial charge in [-0.05, 0) is 48.8 Å². The Kier molecular flexibility index (Phi) is 4.06. The van der Waals surface area contributed by atoms with E-state index >= 15 is 0 Å². The highest BCUT2D eigenvalue weighted by Gasteiger charge is 2.39. The Bertz CT molecular complexity index is 372. The van der Waals surface area contributed by atoms with Gasteiger partial charge in [0.15, 0.2) is 0 Å². The lowest BCUT2D eigenvalue weighted by Gasteiger charge is -2.44.